The number of benzene rings is 2. The van der Waals surface area contributed by atoms with Gasteiger partial charge in [-0.25, -0.2) is 4.98 Å². The Bertz CT molecular complexity index is 988. The van der Waals surface area contributed by atoms with Crippen molar-refractivity contribution in [1.82, 2.24) is 15.8 Å². The first kappa shape index (κ1) is 18.2. The molecule has 136 valence electrons. The molecule has 2 amide bonds. The Morgan fingerprint density at radius 1 is 1.07 bits per heavy atom. The minimum atomic E-state index is -0.643. The zero-order valence-electron chi connectivity index (χ0n) is 13.9. The molecule has 0 saturated carbocycles. The van der Waals surface area contributed by atoms with E-state index in [0.29, 0.717) is 5.69 Å². The van der Waals surface area contributed by atoms with Crippen LogP contribution in [0.5, 0.6) is 0 Å². The second kappa shape index (κ2) is 8.19. The second-order valence-electron chi connectivity index (χ2n) is 5.50. The van der Waals surface area contributed by atoms with Gasteiger partial charge in [0.25, 0.3) is 11.6 Å². The zero-order valence-corrected chi connectivity index (χ0v) is 14.7. The molecule has 3 rings (SSSR count). The van der Waals surface area contributed by atoms with Gasteiger partial charge in [-0.05, 0) is 6.07 Å². The molecule has 27 heavy (non-hydrogen) atoms. The van der Waals surface area contributed by atoms with Crippen molar-refractivity contribution in [3.05, 3.63) is 81.3 Å². The second-order valence-corrected chi connectivity index (χ2v) is 6.35. The monoisotopic (exact) mass is 382 g/mol. The van der Waals surface area contributed by atoms with E-state index >= 15 is 0 Å². The molecule has 9 heteroatoms. The fraction of sp³-hybridized carbons (Fsp3) is 0.0556. The highest BCUT2D eigenvalue weighted by atomic mass is 32.1. The van der Waals surface area contributed by atoms with Crippen molar-refractivity contribution in [3.63, 3.8) is 0 Å². The van der Waals surface area contributed by atoms with Crippen LogP contribution in [0.3, 0.4) is 0 Å². The summed E-state index contributed by atoms with van der Waals surface area (Å²) in [6, 6.07) is 14.8. The number of hydrogen-bond acceptors (Lipinski definition) is 6. The standard InChI is InChI=1S/C18H14N4O4S/c23-16(10-14-11-27-18(19-14)12-5-2-1-3-6-12)20-21-17(24)13-7-4-8-15(9-13)22(25)26/h1-9,11H,10H2,(H,20,23)(H,21,24). The van der Waals surface area contributed by atoms with E-state index < -0.39 is 16.7 Å². The van der Waals surface area contributed by atoms with Gasteiger partial charge in [0.15, 0.2) is 0 Å². The number of carbonyl (C=O) groups excluding carboxylic acids is 2. The highest BCUT2D eigenvalue weighted by molar-refractivity contribution is 7.13. The van der Waals surface area contributed by atoms with E-state index in [-0.39, 0.29) is 17.7 Å². The number of rotatable bonds is 5. The first-order valence-electron chi connectivity index (χ1n) is 7.86. The first-order valence-corrected chi connectivity index (χ1v) is 8.74. The van der Waals surface area contributed by atoms with Crippen LogP contribution in [0.1, 0.15) is 16.1 Å². The summed E-state index contributed by atoms with van der Waals surface area (Å²) in [6.07, 6.45) is -0.00144. The van der Waals surface area contributed by atoms with Crippen LogP contribution in [0.2, 0.25) is 0 Å². The molecule has 0 aliphatic rings. The van der Waals surface area contributed by atoms with Gasteiger partial charge in [0.2, 0.25) is 5.91 Å². The largest absolute Gasteiger partial charge is 0.273 e. The number of carbonyl (C=O) groups is 2. The molecule has 2 N–H and O–H groups in total. The molecule has 0 radical (unpaired) electrons. The number of nitrogens with zero attached hydrogens (tertiary/aromatic N) is 2. The highest BCUT2D eigenvalue weighted by Crippen LogP contribution is 2.23. The average molecular weight is 382 g/mol. The number of nitro groups is 1. The van der Waals surface area contributed by atoms with Gasteiger partial charge in [0.1, 0.15) is 5.01 Å². The lowest BCUT2D eigenvalue weighted by Crippen LogP contribution is -2.42. The lowest BCUT2D eigenvalue weighted by molar-refractivity contribution is -0.384. The summed E-state index contributed by atoms with van der Waals surface area (Å²) in [4.78, 5) is 38.6. The van der Waals surface area contributed by atoms with E-state index in [1.54, 1.807) is 5.38 Å². The summed E-state index contributed by atoms with van der Waals surface area (Å²) in [6.45, 7) is 0. The number of hydrogen-bond donors (Lipinski definition) is 2. The van der Waals surface area contributed by atoms with Gasteiger partial charge >= 0.3 is 0 Å². The van der Waals surface area contributed by atoms with E-state index in [9.17, 15) is 19.7 Å². The van der Waals surface area contributed by atoms with Crippen molar-refractivity contribution in [2.75, 3.05) is 0 Å². The summed E-state index contributed by atoms with van der Waals surface area (Å²) in [7, 11) is 0. The van der Waals surface area contributed by atoms with Gasteiger partial charge in [-0.3, -0.25) is 30.6 Å². The van der Waals surface area contributed by atoms with Crippen LogP contribution in [-0.2, 0) is 11.2 Å². The van der Waals surface area contributed by atoms with Gasteiger partial charge < -0.3 is 0 Å². The number of hydrazine groups is 1. The van der Waals surface area contributed by atoms with Crippen LogP contribution in [-0.4, -0.2) is 21.7 Å². The molecule has 0 bridgehead atoms. The molecule has 2 aromatic carbocycles. The summed E-state index contributed by atoms with van der Waals surface area (Å²) >= 11 is 1.43. The van der Waals surface area contributed by atoms with Crippen molar-refractivity contribution >= 4 is 28.8 Å². The summed E-state index contributed by atoms with van der Waals surface area (Å²) in [5.74, 6) is -1.09. The van der Waals surface area contributed by atoms with Gasteiger partial charge in [-0.1, -0.05) is 36.4 Å². The Kier molecular flexibility index (Phi) is 5.53. The van der Waals surface area contributed by atoms with Crippen molar-refractivity contribution in [2.24, 2.45) is 0 Å². The summed E-state index contributed by atoms with van der Waals surface area (Å²) < 4.78 is 0. The molecule has 0 fully saturated rings. The molecule has 3 aromatic rings. The lowest BCUT2D eigenvalue weighted by Gasteiger charge is -2.06. The molecule has 0 unspecified atom stereocenters. The van der Waals surface area contributed by atoms with Gasteiger partial charge in [0, 0.05) is 28.6 Å². The SMILES string of the molecule is O=C(Cc1csc(-c2ccccc2)n1)NNC(=O)c1cccc([N+](=O)[O-])c1. The first-order chi connectivity index (χ1) is 13.0. The molecule has 1 aromatic heterocycles. The van der Waals surface area contributed by atoms with Crippen LogP contribution in [0, 0.1) is 10.1 Å². The maximum absolute atomic E-state index is 12.0. The molecule has 0 spiro atoms. The highest BCUT2D eigenvalue weighted by Gasteiger charge is 2.13. The van der Waals surface area contributed by atoms with Crippen molar-refractivity contribution < 1.29 is 14.5 Å². The van der Waals surface area contributed by atoms with E-state index in [2.05, 4.69) is 15.8 Å². The Hall–Kier alpha value is -3.59. The molecular formula is C18H14N4O4S. The maximum Gasteiger partial charge on any atom is 0.270 e. The summed E-state index contributed by atoms with van der Waals surface area (Å²) in [5.41, 5.74) is 5.94. The minimum absolute atomic E-state index is 0.00144. The van der Waals surface area contributed by atoms with E-state index in [0.717, 1.165) is 16.6 Å². The predicted molar refractivity (Wildman–Crippen MR) is 100.0 cm³/mol. The molecule has 0 aliphatic carbocycles. The van der Waals surface area contributed by atoms with Gasteiger partial charge in [0.05, 0.1) is 17.0 Å². The van der Waals surface area contributed by atoms with Crippen LogP contribution < -0.4 is 10.9 Å². The average Bonchev–Trinajstić information content (AvgIpc) is 3.15. The Labute approximate surface area is 158 Å². The number of amides is 2. The number of nitro benzene ring substituents is 1. The van der Waals surface area contributed by atoms with E-state index in [1.807, 2.05) is 30.3 Å². The number of nitrogens with one attached hydrogen (secondary N) is 2. The van der Waals surface area contributed by atoms with Crippen LogP contribution in [0.25, 0.3) is 10.6 Å². The van der Waals surface area contributed by atoms with Crippen LogP contribution in [0.4, 0.5) is 5.69 Å². The number of non-ortho nitro benzene ring substituents is 1. The fourth-order valence-corrected chi connectivity index (χ4v) is 3.10. The predicted octanol–water partition coefficient (Wildman–Crippen LogP) is 2.72. The fourth-order valence-electron chi connectivity index (χ4n) is 2.27. The topological polar surface area (TPSA) is 114 Å². The Balaban J connectivity index is 1.56. The van der Waals surface area contributed by atoms with Crippen molar-refractivity contribution in [1.29, 1.82) is 0 Å². The number of aromatic nitrogens is 1. The molecular weight excluding hydrogens is 368 g/mol. The van der Waals surface area contributed by atoms with Gasteiger partial charge in [-0.15, -0.1) is 11.3 Å². The molecule has 0 saturated heterocycles. The third kappa shape index (κ3) is 4.73. The minimum Gasteiger partial charge on any atom is -0.273 e. The molecule has 0 aliphatic heterocycles. The van der Waals surface area contributed by atoms with Gasteiger partial charge in [-0.2, -0.15) is 0 Å². The summed E-state index contributed by atoms with van der Waals surface area (Å²) in [5, 5.41) is 13.3. The Morgan fingerprint density at radius 2 is 1.85 bits per heavy atom. The van der Waals surface area contributed by atoms with Crippen LogP contribution in [0.15, 0.2) is 60.0 Å². The zero-order chi connectivity index (χ0) is 19.2. The smallest absolute Gasteiger partial charge is 0.270 e. The van der Waals surface area contributed by atoms with Crippen LogP contribution >= 0.6 is 11.3 Å². The molecule has 1 heterocycles. The lowest BCUT2D eigenvalue weighted by atomic mass is 10.2. The third-order valence-electron chi connectivity index (χ3n) is 3.55. The third-order valence-corrected chi connectivity index (χ3v) is 4.49. The quantitative estimate of drug-likeness (QED) is 0.520. The normalized spacial score (nSPS) is 10.2. The van der Waals surface area contributed by atoms with Crippen molar-refractivity contribution in [3.8, 4) is 10.6 Å². The molecule has 0 atom stereocenters. The van der Waals surface area contributed by atoms with Crippen molar-refractivity contribution in [2.45, 2.75) is 6.42 Å². The Morgan fingerprint density at radius 3 is 2.59 bits per heavy atom. The van der Waals surface area contributed by atoms with E-state index in [4.69, 9.17) is 0 Å². The van der Waals surface area contributed by atoms with E-state index in [1.165, 1.54) is 29.5 Å². The molecule has 8 nitrogen and oxygen atoms in total. The maximum atomic E-state index is 12.0. The number of thiazole rings is 1.